The Morgan fingerprint density at radius 3 is 2.18 bits per heavy atom. The van der Waals surface area contributed by atoms with Crippen molar-refractivity contribution in [2.45, 2.75) is 6.92 Å². The van der Waals surface area contributed by atoms with Gasteiger partial charge in [0.15, 0.2) is 0 Å². The topological polar surface area (TPSA) is 0 Å². The van der Waals surface area contributed by atoms with Gasteiger partial charge < -0.3 is 0 Å². The van der Waals surface area contributed by atoms with Crippen LogP contribution in [-0.4, -0.2) is 0 Å². The van der Waals surface area contributed by atoms with E-state index < -0.39 is 0 Å². The van der Waals surface area contributed by atoms with E-state index in [0.717, 1.165) is 5.56 Å². The first-order valence-corrected chi connectivity index (χ1v) is 5.93. The van der Waals surface area contributed by atoms with Crippen LogP contribution in [-0.2, 0) is 12.9 Å². The van der Waals surface area contributed by atoms with Gasteiger partial charge in [-0.15, -0.1) is 11.6 Å². The van der Waals surface area contributed by atoms with Crippen molar-refractivity contribution in [2.75, 3.05) is 0 Å². The minimum absolute atomic E-state index is 0.382. The fourth-order valence-electron chi connectivity index (χ4n) is 0.549. The zero-order valence-corrected chi connectivity index (χ0v) is 9.01. The Hall–Kier alpha value is 0.596. The van der Waals surface area contributed by atoms with E-state index in [9.17, 15) is 0 Å². The second-order valence-corrected chi connectivity index (χ2v) is 3.86. The predicted molar refractivity (Wildman–Crippen MR) is 46.7 cm³/mol. The van der Waals surface area contributed by atoms with Crippen molar-refractivity contribution in [3.05, 3.63) is 34.9 Å². The predicted octanol–water partition coefficient (Wildman–Crippen LogP) is 3.83. The van der Waals surface area contributed by atoms with Crippen LogP contribution in [0.3, 0.4) is 0 Å². The molecule has 64 valence electrons. The molecule has 1 rings (SSSR count). The number of hydrogen-bond acceptors (Lipinski definition) is 0. The molecular formula is C7H6Cl3Co. The summed E-state index contributed by atoms with van der Waals surface area (Å²) in [7, 11) is 9.47. The molecule has 0 fully saturated rings. The molecule has 0 unspecified atom stereocenters. The third kappa shape index (κ3) is 6.97. The van der Waals surface area contributed by atoms with Crippen LogP contribution < -0.4 is 0 Å². The Kier molecular flexibility index (Phi) is 7.65. The molecule has 0 amide bonds. The average Bonchev–Trinajstić information content (AvgIpc) is 1.88. The Morgan fingerprint density at radius 1 is 1.36 bits per heavy atom. The Morgan fingerprint density at radius 2 is 1.91 bits per heavy atom. The SMILES string of the molecule is Cc1[c-]c(Cl)ccc1.[Cl][Co+][Cl]. The second kappa shape index (κ2) is 7.26. The molecule has 0 spiro atoms. The molecule has 0 N–H and O–H groups in total. The van der Waals surface area contributed by atoms with Crippen LogP contribution in [0.15, 0.2) is 18.2 Å². The van der Waals surface area contributed by atoms with Gasteiger partial charge in [0.1, 0.15) is 0 Å². The fourth-order valence-corrected chi connectivity index (χ4v) is 0.770. The van der Waals surface area contributed by atoms with Crippen LogP contribution in [0.1, 0.15) is 5.56 Å². The molecule has 0 atom stereocenters. The third-order valence-electron chi connectivity index (χ3n) is 0.905. The number of halogens is 3. The molecule has 0 bridgehead atoms. The summed E-state index contributed by atoms with van der Waals surface area (Å²) >= 11 is 5.97. The van der Waals surface area contributed by atoms with Gasteiger partial charge in [0.2, 0.25) is 0 Å². The molecule has 0 nitrogen and oxygen atoms in total. The van der Waals surface area contributed by atoms with Crippen molar-refractivity contribution in [2.24, 2.45) is 0 Å². The van der Waals surface area contributed by atoms with Crippen molar-refractivity contribution in [3.63, 3.8) is 0 Å². The minimum atomic E-state index is 0.382. The van der Waals surface area contributed by atoms with E-state index in [1.165, 1.54) is 0 Å². The van der Waals surface area contributed by atoms with E-state index in [4.69, 9.17) is 31.9 Å². The van der Waals surface area contributed by atoms with Gasteiger partial charge in [-0.1, -0.05) is 11.9 Å². The van der Waals surface area contributed by atoms with Crippen LogP contribution in [0.25, 0.3) is 0 Å². The van der Waals surface area contributed by atoms with E-state index in [-0.39, 0.29) is 0 Å². The molecule has 4 heteroatoms. The fraction of sp³-hybridized carbons (Fsp3) is 0.143. The molecule has 0 heterocycles. The van der Waals surface area contributed by atoms with Crippen molar-refractivity contribution < 1.29 is 12.9 Å². The van der Waals surface area contributed by atoms with Gasteiger partial charge in [-0.3, -0.25) is 0 Å². The molecule has 0 aromatic heterocycles. The van der Waals surface area contributed by atoms with Crippen LogP contribution in [0.4, 0.5) is 0 Å². The quantitative estimate of drug-likeness (QED) is 0.618. The van der Waals surface area contributed by atoms with E-state index in [2.05, 4.69) is 6.07 Å². The molecule has 0 radical (unpaired) electrons. The van der Waals surface area contributed by atoms with E-state index in [0.29, 0.717) is 17.9 Å². The van der Waals surface area contributed by atoms with Gasteiger partial charge in [-0.25, -0.2) is 0 Å². The zero-order chi connectivity index (χ0) is 8.69. The molecule has 0 saturated carbocycles. The average molecular weight is 255 g/mol. The standard InChI is InChI=1S/C7H6Cl.2ClH.Co/c1-6-3-2-4-7(8)5-6;;;/h2-4H,1H3;2*1H;/q-1;;;+3/p-2. The van der Waals surface area contributed by atoms with Gasteiger partial charge in [0, 0.05) is 0 Å². The maximum atomic E-state index is 5.59. The normalized spacial score (nSPS) is 8.73. The Bertz CT molecular complexity index is 185. The Labute approximate surface area is 86.3 Å². The monoisotopic (exact) mass is 254 g/mol. The number of benzene rings is 1. The molecular weight excluding hydrogens is 249 g/mol. The van der Waals surface area contributed by atoms with Crippen molar-refractivity contribution in [3.8, 4) is 0 Å². The number of hydrogen-bond donors (Lipinski definition) is 0. The van der Waals surface area contributed by atoms with Gasteiger partial charge in [0.25, 0.3) is 0 Å². The van der Waals surface area contributed by atoms with Crippen molar-refractivity contribution in [1.82, 2.24) is 0 Å². The summed E-state index contributed by atoms with van der Waals surface area (Å²) in [4.78, 5) is 0. The summed E-state index contributed by atoms with van der Waals surface area (Å²) in [6.45, 7) is 1.96. The number of aryl methyl sites for hydroxylation is 1. The van der Waals surface area contributed by atoms with Crippen molar-refractivity contribution >= 4 is 31.9 Å². The zero-order valence-electron chi connectivity index (χ0n) is 5.70. The molecule has 1 aromatic rings. The summed E-state index contributed by atoms with van der Waals surface area (Å²) in [6, 6.07) is 8.62. The molecule has 0 aliphatic carbocycles. The first-order valence-electron chi connectivity index (χ1n) is 2.68. The van der Waals surface area contributed by atoms with Gasteiger partial charge in [-0.2, -0.15) is 29.8 Å². The first-order chi connectivity index (χ1) is 5.20. The second-order valence-electron chi connectivity index (χ2n) is 1.73. The maximum absolute atomic E-state index is 5.59. The third-order valence-corrected chi connectivity index (χ3v) is 1.13. The molecule has 11 heavy (non-hydrogen) atoms. The van der Waals surface area contributed by atoms with Gasteiger partial charge in [0.05, 0.1) is 0 Å². The summed E-state index contributed by atoms with van der Waals surface area (Å²) in [6.07, 6.45) is 0. The summed E-state index contributed by atoms with van der Waals surface area (Å²) in [5.41, 5.74) is 1.08. The summed E-state index contributed by atoms with van der Waals surface area (Å²) in [5, 5.41) is 0.685. The summed E-state index contributed by atoms with van der Waals surface area (Å²) < 4.78 is 0. The van der Waals surface area contributed by atoms with Crippen molar-refractivity contribution in [1.29, 1.82) is 0 Å². The molecule has 0 saturated heterocycles. The summed E-state index contributed by atoms with van der Waals surface area (Å²) in [5.74, 6) is 0. The van der Waals surface area contributed by atoms with Crippen LogP contribution >= 0.6 is 31.9 Å². The van der Waals surface area contributed by atoms with Crippen LogP contribution in [0, 0.1) is 13.0 Å². The van der Waals surface area contributed by atoms with Gasteiger partial charge >= 0.3 is 33.2 Å². The van der Waals surface area contributed by atoms with E-state index in [1.54, 1.807) is 0 Å². The van der Waals surface area contributed by atoms with Crippen LogP contribution in [0.2, 0.25) is 5.02 Å². The molecule has 0 aliphatic heterocycles. The molecule has 1 aromatic carbocycles. The van der Waals surface area contributed by atoms with E-state index >= 15 is 0 Å². The number of rotatable bonds is 0. The van der Waals surface area contributed by atoms with E-state index in [1.807, 2.05) is 25.1 Å². The van der Waals surface area contributed by atoms with Crippen LogP contribution in [0.5, 0.6) is 0 Å². The Balaban J connectivity index is 0.000000292. The van der Waals surface area contributed by atoms with Gasteiger partial charge in [-0.05, 0) is 0 Å². The molecule has 0 aliphatic rings. The first kappa shape index (κ1) is 11.6.